The summed E-state index contributed by atoms with van der Waals surface area (Å²) in [4.78, 5) is 39.8. The number of piperidine rings is 2. The molecule has 2 fully saturated rings. The molecule has 7 nitrogen and oxygen atoms in total. The third kappa shape index (κ3) is 4.20. The van der Waals surface area contributed by atoms with Crippen molar-refractivity contribution in [2.24, 2.45) is 5.41 Å². The fourth-order valence-corrected chi connectivity index (χ4v) is 4.75. The van der Waals surface area contributed by atoms with Gasteiger partial charge in [0.05, 0.1) is 0 Å². The maximum Gasteiger partial charge on any atom is 0.336 e. The van der Waals surface area contributed by atoms with E-state index in [0.717, 1.165) is 49.7 Å². The molecular weight excluding hydrogens is 384 g/mol. The van der Waals surface area contributed by atoms with E-state index in [9.17, 15) is 14.4 Å². The first-order valence-electron chi connectivity index (χ1n) is 10.6. The van der Waals surface area contributed by atoms with E-state index in [2.05, 4.69) is 0 Å². The predicted octanol–water partition coefficient (Wildman–Crippen LogP) is 2.73. The molecule has 0 aliphatic carbocycles. The van der Waals surface area contributed by atoms with Crippen LogP contribution in [0.1, 0.15) is 38.2 Å². The van der Waals surface area contributed by atoms with Crippen molar-refractivity contribution in [3.63, 3.8) is 0 Å². The molecule has 2 aliphatic rings. The van der Waals surface area contributed by atoms with Gasteiger partial charge >= 0.3 is 5.63 Å². The van der Waals surface area contributed by atoms with Gasteiger partial charge in [0.2, 0.25) is 5.91 Å². The molecule has 0 bridgehead atoms. The van der Waals surface area contributed by atoms with Crippen LogP contribution in [0, 0.1) is 12.3 Å². The zero-order valence-electron chi connectivity index (χ0n) is 17.6. The summed E-state index contributed by atoms with van der Waals surface area (Å²) in [5, 5.41) is 0.849. The third-order valence-electron chi connectivity index (χ3n) is 6.57. The lowest BCUT2D eigenvalue weighted by Crippen LogP contribution is -2.52. The minimum atomic E-state index is -0.401. The molecule has 0 N–H and O–H groups in total. The van der Waals surface area contributed by atoms with Crippen LogP contribution >= 0.6 is 0 Å². The molecule has 3 heterocycles. The molecule has 7 heteroatoms. The van der Waals surface area contributed by atoms with E-state index in [-0.39, 0.29) is 23.8 Å². The number of rotatable bonds is 3. The summed E-state index contributed by atoms with van der Waals surface area (Å²) in [6.07, 6.45) is 4.00. The third-order valence-corrected chi connectivity index (χ3v) is 6.57. The molecule has 0 unspecified atom stereocenters. The van der Waals surface area contributed by atoms with Crippen LogP contribution in [0.5, 0.6) is 5.75 Å². The number of aryl methyl sites for hydroxylation is 1. The molecule has 0 saturated carbocycles. The number of nitrogens with zero attached hydrogens (tertiary/aromatic N) is 2. The van der Waals surface area contributed by atoms with E-state index >= 15 is 0 Å². The predicted molar refractivity (Wildman–Crippen MR) is 112 cm³/mol. The average Bonchev–Trinajstić information content (AvgIpc) is 2.72. The SMILES string of the molecule is CC(=O)N1CCCC2(CCN(C(=O)COc3ccc4c(C)cc(=O)oc4c3)CC2)C1. The first-order valence-corrected chi connectivity index (χ1v) is 10.6. The minimum absolute atomic E-state index is 0.0464. The van der Waals surface area contributed by atoms with Crippen molar-refractivity contribution in [2.45, 2.75) is 39.5 Å². The van der Waals surface area contributed by atoms with Crippen LogP contribution in [0.3, 0.4) is 0 Å². The van der Waals surface area contributed by atoms with Gasteiger partial charge in [-0.3, -0.25) is 9.59 Å². The summed E-state index contributed by atoms with van der Waals surface area (Å²) in [7, 11) is 0. The topological polar surface area (TPSA) is 80.1 Å². The Kier molecular flexibility index (Phi) is 5.54. The van der Waals surface area contributed by atoms with Gasteiger partial charge in [0.25, 0.3) is 5.91 Å². The molecule has 2 aliphatic heterocycles. The summed E-state index contributed by atoms with van der Waals surface area (Å²) in [6.45, 7) is 6.48. The van der Waals surface area contributed by atoms with Crippen LogP contribution in [-0.2, 0) is 9.59 Å². The monoisotopic (exact) mass is 412 g/mol. The largest absolute Gasteiger partial charge is 0.484 e. The lowest BCUT2D eigenvalue weighted by molar-refractivity contribution is -0.139. The van der Waals surface area contributed by atoms with Crippen molar-refractivity contribution < 1.29 is 18.7 Å². The van der Waals surface area contributed by atoms with Crippen molar-refractivity contribution >= 4 is 22.8 Å². The molecule has 30 heavy (non-hydrogen) atoms. The maximum atomic E-state index is 12.6. The molecule has 1 aromatic carbocycles. The van der Waals surface area contributed by atoms with Crippen LogP contribution in [0.25, 0.3) is 11.0 Å². The number of fused-ring (bicyclic) bond motifs is 1. The highest BCUT2D eigenvalue weighted by Gasteiger charge is 2.39. The Morgan fingerprint density at radius 1 is 1.10 bits per heavy atom. The van der Waals surface area contributed by atoms with Crippen LogP contribution in [0.4, 0.5) is 0 Å². The molecule has 0 radical (unpaired) electrons. The maximum absolute atomic E-state index is 12.6. The van der Waals surface area contributed by atoms with Crippen LogP contribution in [-0.4, -0.2) is 54.4 Å². The number of amides is 2. The van der Waals surface area contributed by atoms with Crippen LogP contribution in [0.2, 0.25) is 0 Å². The van der Waals surface area contributed by atoms with E-state index in [1.807, 2.05) is 22.8 Å². The fraction of sp³-hybridized carbons (Fsp3) is 0.522. The molecule has 160 valence electrons. The van der Waals surface area contributed by atoms with Gasteiger partial charge in [0.15, 0.2) is 6.61 Å². The molecule has 0 atom stereocenters. The van der Waals surface area contributed by atoms with Crippen molar-refractivity contribution in [2.75, 3.05) is 32.8 Å². The standard InChI is InChI=1S/C23H28N2O5/c1-16-12-22(28)30-20-13-18(4-5-19(16)20)29-14-21(27)24-10-7-23(8-11-24)6-3-9-25(15-23)17(2)26/h4-5,12-13H,3,6-11,14-15H2,1-2H3. The molecule has 2 saturated heterocycles. The zero-order chi connectivity index (χ0) is 21.3. The van der Waals surface area contributed by atoms with Crippen molar-refractivity contribution in [3.8, 4) is 5.75 Å². The Balaban J connectivity index is 1.34. The van der Waals surface area contributed by atoms with Crippen molar-refractivity contribution in [3.05, 3.63) is 40.2 Å². The second-order valence-electron chi connectivity index (χ2n) is 8.62. The molecule has 1 aromatic heterocycles. The summed E-state index contributed by atoms with van der Waals surface area (Å²) in [5.74, 6) is 0.597. The van der Waals surface area contributed by atoms with E-state index in [4.69, 9.17) is 9.15 Å². The van der Waals surface area contributed by atoms with E-state index in [1.165, 1.54) is 6.07 Å². The fourth-order valence-electron chi connectivity index (χ4n) is 4.75. The highest BCUT2D eigenvalue weighted by Crippen LogP contribution is 2.39. The second kappa shape index (κ2) is 8.13. The Labute approximate surface area is 175 Å². The van der Waals surface area contributed by atoms with Gasteiger partial charge in [0, 0.05) is 50.6 Å². The summed E-state index contributed by atoms with van der Waals surface area (Å²) < 4.78 is 10.9. The zero-order valence-corrected chi connectivity index (χ0v) is 17.6. The summed E-state index contributed by atoms with van der Waals surface area (Å²) >= 11 is 0. The first-order chi connectivity index (χ1) is 14.3. The van der Waals surface area contributed by atoms with E-state index in [0.29, 0.717) is 24.4 Å². The highest BCUT2D eigenvalue weighted by molar-refractivity contribution is 5.82. The van der Waals surface area contributed by atoms with E-state index < -0.39 is 5.63 Å². The average molecular weight is 412 g/mol. The minimum Gasteiger partial charge on any atom is -0.484 e. The quantitative estimate of drug-likeness (QED) is 0.724. The number of benzene rings is 1. The normalized spacial score (nSPS) is 18.6. The number of ether oxygens (including phenoxy) is 1. The lowest BCUT2D eigenvalue weighted by atomic mass is 9.72. The highest BCUT2D eigenvalue weighted by atomic mass is 16.5. The van der Waals surface area contributed by atoms with Gasteiger partial charge in [-0.25, -0.2) is 4.79 Å². The summed E-state index contributed by atoms with van der Waals surface area (Å²) in [6, 6.07) is 6.73. The number of hydrogen-bond acceptors (Lipinski definition) is 5. The molecule has 2 amide bonds. The van der Waals surface area contributed by atoms with Gasteiger partial charge in [-0.15, -0.1) is 0 Å². The van der Waals surface area contributed by atoms with Crippen molar-refractivity contribution in [1.82, 2.24) is 9.80 Å². The molecule has 4 rings (SSSR count). The number of hydrogen-bond donors (Lipinski definition) is 0. The van der Waals surface area contributed by atoms with Crippen molar-refractivity contribution in [1.29, 1.82) is 0 Å². The Bertz CT molecular complexity index is 1020. The first kappa shape index (κ1) is 20.4. The molecular formula is C23H28N2O5. The van der Waals surface area contributed by atoms with E-state index in [1.54, 1.807) is 19.1 Å². The Morgan fingerprint density at radius 2 is 1.87 bits per heavy atom. The number of carbonyl (C=O) groups excluding carboxylic acids is 2. The number of carbonyl (C=O) groups is 2. The Morgan fingerprint density at radius 3 is 2.60 bits per heavy atom. The smallest absolute Gasteiger partial charge is 0.336 e. The van der Waals surface area contributed by atoms with Gasteiger partial charge in [-0.05, 0) is 55.7 Å². The summed E-state index contributed by atoms with van der Waals surface area (Å²) in [5.41, 5.74) is 1.05. The van der Waals surface area contributed by atoms with Gasteiger partial charge < -0.3 is 19.0 Å². The van der Waals surface area contributed by atoms with Gasteiger partial charge in [-0.1, -0.05) is 0 Å². The van der Waals surface area contributed by atoms with Crippen LogP contribution < -0.4 is 10.4 Å². The molecule has 1 spiro atoms. The number of likely N-dealkylation sites (tertiary alicyclic amines) is 2. The molecule has 2 aromatic rings. The second-order valence-corrected chi connectivity index (χ2v) is 8.62. The lowest BCUT2D eigenvalue weighted by Gasteiger charge is -2.47. The van der Waals surface area contributed by atoms with Gasteiger partial charge in [0.1, 0.15) is 11.3 Å². The van der Waals surface area contributed by atoms with Gasteiger partial charge in [-0.2, -0.15) is 0 Å². The Hall–Kier alpha value is -2.83. The van der Waals surface area contributed by atoms with Crippen LogP contribution in [0.15, 0.2) is 33.5 Å².